The van der Waals surface area contributed by atoms with Gasteiger partial charge in [-0.05, 0) is 93.1 Å². The Labute approximate surface area is 178 Å². The smallest absolute Gasteiger partial charge is 0.0201 e. The lowest BCUT2D eigenvalue weighted by Crippen LogP contribution is -2.38. The summed E-state index contributed by atoms with van der Waals surface area (Å²) in [5.41, 5.74) is 4.86. The predicted octanol–water partition coefficient (Wildman–Crippen LogP) is 4.08. The maximum atomic E-state index is 6.02. The van der Waals surface area contributed by atoms with Crippen molar-refractivity contribution in [2.75, 3.05) is 46.3 Å². The molecule has 4 rings (SSSR count). The first-order valence-corrected chi connectivity index (χ1v) is 11.8. The van der Waals surface area contributed by atoms with E-state index in [2.05, 4.69) is 56.1 Å². The first-order chi connectivity index (χ1) is 13.1. The lowest BCUT2D eigenvalue weighted by Gasteiger charge is -2.33. The Morgan fingerprint density at radius 1 is 0.704 bits per heavy atom. The summed E-state index contributed by atoms with van der Waals surface area (Å²) in [4.78, 5) is 2.48. The van der Waals surface area contributed by atoms with E-state index in [0.717, 1.165) is 24.9 Å². The van der Waals surface area contributed by atoms with Gasteiger partial charge < -0.3 is 4.90 Å². The highest BCUT2D eigenvalue weighted by atomic mass is 127. The second-order valence-electron chi connectivity index (χ2n) is 9.00. The van der Waals surface area contributed by atoms with Crippen LogP contribution >= 0.6 is 22.9 Å². The van der Waals surface area contributed by atoms with Gasteiger partial charge in [0.05, 0.1) is 0 Å². The van der Waals surface area contributed by atoms with Gasteiger partial charge in [0.1, 0.15) is 0 Å². The molecule has 0 atom stereocenters. The van der Waals surface area contributed by atoms with Crippen LogP contribution in [0.5, 0.6) is 0 Å². The minimum Gasteiger partial charge on any atom is -0.306 e. The average Bonchev–Trinajstić information content (AvgIpc) is 2.69. The second kappa shape index (κ2) is 9.08. The molecule has 3 saturated heterocycles. The van der Waals surface area contributed by atoms with Crippen LogP contribution in [0.3, 0.4) is 0 Å². The summed E-state index contributed by atoms with van der Waals surface area (Å²) in [6.45, 7) is 7.00. The van der Waals surface area contributed by atoms with Crippen molar-refractivity contribution in [2.24, 2.45) is 5.84 Å². The zero-order valence-corrected chi connectivity index (χ0v) is 18.9. The van der Waals surface area contributed by atoms with Crippen molar-refractivity contribution in [1.82, 2.24) is 13.0 Å². The van der Waals surface area contributed by atoms with E-state index < -0.39 is 0 Å². The van der Waals surface area contributed by atoms with Crippen LogP contribution < -0.4 is 5.84 Å². The Hall–Kier alpha value is -0.210. The van der Waals surface area contributed by atoms with Gasteiger partial charge in [-0.15, -0.1) is 0 Å². The second-order valence-corrected chi connectivity index (χ2v) is 10.4. The molecule has 0 bridgehead atoms. The first-order valence-electron chi connectivity index (χ1n) is 10.8. The first kappa shape index (κ1) is 20.1. The summed E-state index contributed by atoms with van der Waals surface area (Å²) in [5, 5.41) is 1.99. The molecule has 0 radical (unpaired) electrons. The Bertz CT molecular complexity index is 515. The molecule has 0 saturated carbocycles. The maximum Gasteiger partial charge on any atom is 0.0201 e. The summed E-state index contributed by atoms with van der Waals surface area (Å²) in [6, 6.07) is 7.73. The van der Waals surface area contributed by atoms with Crippen molar-refractivity contribution in [1.29, 1.82) is 0 Å². The van der Waals surface area contributed by atoms with Crippen molar-refractivity contribution in [3.8, 4) is 0 Å². The highest BCUT2D eigenvalue weighted by Crippen LogP contribution is 2.38. The van der Waals surface area contributed by atoms with Gasteiger partial charge in [-0.2, -0.15) is 0 Å². The summed E-state index contributed by atoms with van der Waals surface area (Å²) in [6.07, 6.45) is 7.65. The standard InChI is InChI=1S/C22H35IN4/c1-25-8-2-17(3-9-25)20-14-21(18-4-10-26(23)11-5-18)16-22(15-20)19-6-12-27(24)13-7-19/h14-19H,2-13,24H2,1H3. The van der Waals surface area contributed by atoms with Crippen molar-refractivity contribution in [2.45, 2.75) is 56.3 Å². The van der Waals surface area contributed by atoms with Crippen LogP contribution in [0.2, 0.25) is 0 Å². The number of likely N-dealkylation sites (tertiary alicyclic amines) is 1. The van der Waals surface area contributed by atoms with E-state index in [1.165, 1.54) is 64.7 Å². The van der Waals surface area contributed by atoms with Gasteiger partial charge in [0, 0.05) is 49.0 Å². The molecule has 0 aliphatic carbocycles. The number of rotatable bonds is 3. The average molecular weight is 482 g/mol. The number of nitrogens with zero attached hydrogens (tertiary/aromatic N) is 3. The van der Waals surface area contributed by atoms with E-state index in [1.54, 1.807) is 16.7 Å². The number of hydrogen-bond donors (Lipinski definition) is 1. The highest BCUT2D eigenvalue weighted by Gasteiger charge is 2.26. The Morgan fingerprint density at radius 2 is 1.07 bits per heavy atom. The van der Waals surface area contributed by atoms with Crippen LogP contribution in [0.15, 0.2) is 18.2 Å². The number of nitrogens with two attached hydrogens (primary N) is 1. The van der Waals surface area contributed by atoms with Gasteiger partial charge in [-0.3, -0.25) is 5.84 Å². The number of piperidine rings is 3. The van der Waals surface area contributed by atoms with Crippen LogP contribution in [0.25, 0.3) is 0 Å². The molecule has 0 unspecified atom stereocenters. The van der Waals surface area contributed by atoms with Gasteiger partial charge in [0.15, 0.2) is 0 Å². The fourth-order valence-electron chi connectivity index (χ4n) is 5.17. The minimum atomic E-state index is 0.694. The van der Waals surface area contributed by atoms with Gasteiger partial charge >= 0.3 is 0 Å². The molecule has 1 aromatic carbocycles. The fourth-order valence-corrected chi connectivity index (χ4v) is 5.72. The number of hydrogen-bond acceptors (Lipinski definition) is 4. The summed E-state index contributed by atoms with van der Waals surface area (Å²) < 4.78 is 2.45. The molecule has 3 aliphatic heterocycles. The van der Waals surface area contributed by atoms with Crippen molar-refractivity contribution < 1.29 is 0 Å². The Kier molecular flexibility index (Phi) is 6.75. The highest BCUT2D eigenvalue weighted by molar-refractivity contribution is 14.1. The van der Waals surface area contributed by atoms with E-state index in [1.807, 2.05) is 5.01 Å². The zero-order valence-electron chi connectivity index (χ0n) is 16.7. The molecule has 0 spiro atoms. The lowest BCUT2D eigenvalue weighted by atomic mass is 9.80. The van der Waals surface area contributed by atoms with Crippen molar-refractivity contribution in [3.63, 3.8) is 0 Å². The zero-order chi connectivity index (χ0) is 18.8. The van der Waals surface area contributed by atoms with E-state index >= 15 is 0 Å². The summed E-state index contributed by atoms with van der Waals surface area (Å²) in [7, 11) is 2.26. The third-order valence-electron chi connectivity index (χ3n) is 7.10. The third-order valence-corrected chi connectivity index (χ3v) is 8.07. The molecule has 0 amide bonds. The number of benzene rings is 1. The summed E-state index contributed by atoms with van der Waals surface area (Å²) >= 11 is 2.49. The molecule has 150 valence electrons. The molecule has 27 heavy (non-hydrogen) atoms. The normalized spacial score (nSPS) is 25.9. The summed E-state index contributed by atoms with van der Waals surface area (Å²) in [5.74, 6) is 8.21. The maximum absolute atomic E-state index is 6.02. The number of hydrazine groups is 1. The monoisotopic (exact) mass is 482 g/mol. The quantitative estimate of drug-likeness (QED) is 0.400. The molecule has 3 heterocycles. The van der Waals surface area contributed by atoms with Crippen LogP contribution in [0.4, 0.5) is 0 Å². The molecular formula is C22H35IN4. The molecule has 1 aromatic rings. The van der Waals surface area contributed by atoms with Crippen LogP contribution in [0, 0.1) is 0 Å². The molecule has 3 aliphatic rings. The van der Waals surface area contributed by atoms with Crippen molar-refractivity contribution in [3.05, 3.63) is 34.9 Å². The van der Waals surface area contributed by atoms with Gasteiger partial charge in [-0.1, -0.05) is 18.2 Å². The SMILES string of the molecule is CN1CCC(c2cc(C3CCN(N)CC3)cc(C3CCN(I)CC3)c2)CC1. The minimum absolute atomic E-state index is 0.694. The Balaban J connectivity index is 1.59. The van der Waals surface area contributed by atoms with E-state index in [4.69, 9.17) is 5.84 Å². The lowest BCUT2D eigenvalue weighted by molar-refractivity contribution is 0.217. The molecule has 5 heteroatoms. The topological polar surface area (TPSA) is 35.7 Å². The van der Waals surface area contributed by atoms with Gasteiger partial charge in [0.25, 0.3) is 0 Å². The largest absolute Gasteiger partial charge is 0.306 e. The van der Waals surface area contributed by atoms with E-state index in [9.17, 15) is 0 Å². The van der Waals surface area contributed by atoms with Crippen LogP contribution in [-0.2, 0) is 0 Å². The fraction of sp³-hybridized carbons (Fsp3) is 0.727. The van der Waals surface area contributed by atoms with Gasteiger partial charge in [-0.25, -0.2) is 8.12 Å². The number of halogens is 1. The van der Waals surface area contributed by atoms with Crippen LogP contribution in [0.1, 0.15) is 73.0 Å². The van der Waals surface area contributed by atoms with E-state index in [0.29, 0.717) is 5.92 Å². The molecule has 4 nitrogen and oxygen atoms in total. The molecule has 2 N–H and O–H groups in total. The Morgan fingerprint density at radius 3 is 1.52 bits per heavy atom. The molecule has 3 fully saturated rings. The third kappa shape index (κ3) is 5.04. The molecular weight excluding hydrogens is 447 g/mol. The van der Waals surface area contributed by atoms with Gasteiger partial charge in [0.2, 0.25) is 0 Å². The molecule has 0 aromatic heterocycles. The predicted molar refractivity (Wildman–Crippen MR) is 121 cm³/mol. The van der Waals surface area contributed by atoms with E-state index in [-0.39, 0.29) is 0 Å². The van der Waals surface area contributed by atoms with Crippen molar-refractivity contribution >= 4 is 22.9 Å². The van der Waals surface area contributed by atoms with Crippen LogP contribution in [-0.4, -0.2) is 59.3 Å².